The van der Waals surface area contributed by atoms with Crippen LogP contribution < -0.4 is 10.1 Å². The topological polar surface area (TPSA) is 41.6 Å². The second-order valence-electron chi connectivity index (χ2n) is 5.12. The van der Waals surface area contributed by atoms with Crippen molar-refractivity contribution in [1.29, 1.82) is 0 Å². The van der Waals surface area contributed by atoms with Crippen molar-refractivity contribution in [3.05, 3.63) is 29.8 Å². The molecule has 106 valence electrons. The molecule has 0 saturated carbocycles. The maximum atomic E-state index is 11.9. The Bertz CT molecular complexity index is 405. The average molecular weight is 264 g/mol. The summed E-state index contributed by atoms with van der Waals surface area (Å²) in [6.45, 7) is 5.59. The minimum Gasteiger partial charge on any atom is -0.497 e. The van der Waals surface area contributed by atoms with Gasteiger partial charge in [0, 0.05) is 20.1 Å². The summed E-state index contributed by atoms with van der Waals surface area (Å²) in [6, 6.07) is 7.71. The van der Waals surface area contributed by atoms with E-state index in [1.165, 1.54) is 0 Å². The number of nitrogens with one attached hydrogen (secondary N) is 1. The highest BCUT2D eigenvalue weighted by Gasteiger charge is 2.09. The molecule has 0 fully saturated rings. The molecule has 1 rings (SSSR count). The number of rotatable bonds is 6. The Morgan fingerprint density at radius 1 is 1.42 bits per heavy atom. The van der Waals surface area contributed by atoms with Crippen molar-refractivity contribution in [2.24, 2.45) is 5.92 Å². The Morgan fingerprint density at radius 3 is 2.79 bits per heavy atom. The molecule has 0 atom stereocenters. The van der Waals surface area contributed by atoms with Crippen LogP contribution in [0.3, 0.4) is 0 Å². The monoisotopic (exact) mass is 264 g/mol. The lowest BCUT2D eigenvalue weighted by Gasteiger charge is -2.18. The standard InChI is InChI=1S/C15H24N2O2/c1-12(2)8-9-16-15(18)17(3)11-13-6-5-7-14(10-13)19-4/h5-7,10,12H,8-9,11H2,1-4H3,(H,16,18). The number of hydrogen-bond acceptors (Lipinski definition) is 2. The first kappa shape index (κ1) is 15.3. The fourth-order valence-electron chi connectivity index (χ4n) is 1.72. The first-order chi connectivity index (χ1) is 9.02. The number of methoxy groups -OCH3 is 1. The van der Waals surface area contributed by atoms with Crippen molar-refractivity contribution < 1.29 is 9.53 Å². The van der Waals surface area contributed by atoms with Crippen LogP contribution in [0.4, 0.5) is 4.79 Å². The number of carbonyl (C=O) groups excluding carboxylic acids is 1. The first-order valence-corrected chi connectivity index (χ1v) is 6.64. The first-order valence-electron chi connectivity index (χ1n) is 6.64. The van der Waals surface area contributed by atoms with Crippen LogP contribution in [-0.2, 0) is 6.54 Å². The lowest BCUT2D eigenvalue weighted by Crippen LogP contribution is -2.37. The molecular weight excluding hydrogens is 240 g/mol. The van der Waals surface area contributed by atoms with Crippen molar-refractivity contribution in [2.45, 2.75) is 26.8 Å². The van der Waals surface area contributed by atoms with E-state index in [9.17, 15) is 4.79 Å². The zero-order valence-electron chi connectivity index (χ0n) is 12.3. The van der Waals surface area contributed by atoms with E-state index in [0.29, 0.717) is 12.5 Å². The summed E-state index contributed by atoms with van der Waals surface area (Å²) in [5.41, 5.74) is 1.06. The maximum absolute atomic E-state index is 11.9. The van der Waals surface area contributed by atoms with Crippen LogP contribution in [0.5, 0.6) is 5.75 Å². The zero-order chi connectivity index (χ0) is 14.3. The molecule has 0 heterocycles. The van der Waals surface area contributed by atoms with Crippen LogP contribution in [0.1, 0.15) is 25.8 Å². The predicted octanol–water partition coefficient (Wildman–Crippen LogP) is 2.88. The van der Waals surface area contributed by atoms with Crippen LogP contribution in [0.2, 0.25) is 0 Å². The molecule has 4 heteroatoms. The highest BCUT2D eigenvalue weighted by molar-refractivity contribution is 5.73. The van der Waals surface area contributed by atoms with Crippen molar-refractivity contribution in [1.82, 2.24) is 10.2 Å². The Kier molecular flexibility index (Phi) is 6.19. The van der Waals surface area contributed by atoms with Crippen LogP contribution in [0.15, 0.2) is 24.3 Å². The predicted molar refractivity (Wildman–Crippen MR) is 77.3 cm³/mol. The van der Waals surface area contributed by atoms with Gasteiger partial charge in [-0.3, -0.25) is 0 Å². The van der Waals surface area contributed by atoms with Gasteiger partial charge in [-0.25, -0.2) is 4.79 Å². The number of benzene rings is 1. The van der Waals surface area contributed by atoms with E-state index in [4.69, 9.17) is 4.74 Å². The molecule has 0 unspecified atom stereocenters. The summed E-state index contributed by atoms with van der Waals surface area (Å²) in [5, 5.41) is 2.92. The third kappa shape index (κ3) is 5.64. The molecule has 19 heavy (non-hydrogen) atoms. The van der Waals surface area contributed by atoms with Crippen LogP contribution in [0, 0.1) is 5.92 Å². The largest absolute Gasteiger partial charge is 0.497 e. The maximum Gasteiger partial charge on any atom is 0.317 e. The lowest BCUT2D eigenvalue weighted by molar-refractivity contribution is 0.206. The number of amides is 2. The molecular formula is C15H24N2O2. The fourth-order valence-corrected chi connectivity index (χ4v) is 1.72. The Morgan fingerprint density at radius 2 is 2.16 bits per heavy atom. The van der Waals surface area contributed by atoms with Gasteiger partial charge < -0.3 is 15.0 Å². The van der Waals surface area contributed by atoms with Gasteiger partial charge in [0.2, 0.25) is 0 Å². The summed E-state index contributed by atoms with van der Waals surface area (Å²) in [7, 11) is 3.44. The molecule has 0 saturated heterocycles. The van der Waals surface area contributed by atoms with Gasteiger partial charge in [0.15, 0.2) is 0 Å². The third-order valence-electron chi connectivity index (χ3n) is 2.90. The van der Waals surface area contributed by atoms with E-state index in [0.717, 1.165) is 24.3 Å². The Hall–Kier alpha value is -1.71. The minimum atomic E-state index is -0.0385. The van der Waals surface area contributed by atoms with Crippen LogP contribution in [-0.4, -0.2) is 31.6 Å². The fraction of sp³-hybridized carbons (Fsp3) is 0.533. The second-order valence-corrected chi connectivity index (χ2v) is 5.12. The van der Waals surface area contributed by atoms with Gasteiger partial charge in [-0.05, 0) is 30.0 Å². The molecule has 0 radical (unpaired) electrons. The van der Waals surface area contributed by atoms with Gasteiger partial charge in [-0.2, -0.15) is 0 Å². The Labute approximate surface area is 115 Å². The van der Waals surface area contributed by atoms with E-state index in [2.05, 4.69) is 19.2 Å². The summed E-state index contributed by atoms with van der Waals surface area (Å²) < 4.78 is 5.17. The van der Waals surface area contributed by atoms with E-state index in [-0.39, 0.29) is 6.03 Å². The van der Waals surface area contributed by atoms with Gasteiger partial charge in [0.05, 0.1) is 7.11 Å². The molecule has 0 spiro atoms. The van der Waals surface area contributed by atoms with E-state index in [1.54, 1.807) is 19.1 Å². The summed E-state index contributed by atoms with van der Waals surface area (Å²) >= 11 is 0. The summed E-state index contributed by atoms with van der Waals surface area (Å²) in [4.78, 5) is 13.5. The van der Waals surface area contributed by atoms with E-state index in [1.807, 2.05) is 24.3 Å². The highest BCUT2D eigenvalue weighted by Crippen LogP contribution is 2.13. The second kappa shape index (κ2) is 7.67. The SMILES string of the molecule is COc1cccc(CN(C)C(=O)NCCC(C)C)c1. The molecule has 1 aromatic carbocycles. The number of nitrogens with zero attached hydrogens (tertiary/aromatic N) is 1. The van der Waals surface area contributed by atoms with Crippen LogP contribution in [0.25, 0.3) is 0 Å². The smallest absolute Gasteiger partial charge is 0.317 e. The van der Waals surface area contributed by atoms with Gasteiger partial charge in [0.25, 0.3) is 0 Å². The number of urea groups is 1. The van der Waals surface area contributed by atoms with E-state index < -0.39 is 0 Å². The van der Waals surface area contributed by atoms with Crippen molar-refractivity contribution >= 4 is 6.03 Å². The minimum absolute atomic E-state index is 0.0385. The molecule has 0 aliphatic carbocycles. The number of ether oxygens (including phenoxy) is 1. The molecule has 0 bridgehead atoms. The van der Waals surface area contributed by atoms with E-state index >= 15 is 0 Å². The van der Waals surface area contributed by atoms with Gasteiger partial charge in [-0.15, -0.1) is 0 Å². The van der Waals surface area contributed by atoms with Crippen molar-refractivity contribution in [3.63, 3.8) is 0 Å². The third-order valence-corrected chi connectivity index (χ3v) is 2.90. The number of hydrogen-bond donors (Lipinski definition) is 1. The average Bonchev–Trinajstić information content (AvgIpc) is 2.38. The zero-order valence-corrected chi connectivity index (χ0v) is 12.3. The molecule has 2 amide bonds. The highest BCUT2D eigenvalue weighted by atomic mass is 16.5. The normalized spacial score (nSPS) is 10.4. The molecule has 4 nitrogen and oxygen atoms in total. The molecule has 0 aromatic heterocycles. The van der Waals surface area contributed by atoms with Crippen molar-refractivity contribution in [2.75, 3.05) is 20.7 Å². The van der Waals surface area contributed by atoms with Crippen LogP contribution >= 0.6 is 0 Å². The summed E-state index contributed by atoms with van der Waals surface area (Å²) in [6.07, 6.45) is 0.999. The van der Waals surface area contributed by atoms with Gasteiger partial charge in [0.1, 0.15) is 5.75 Å². The molecule has 1 aromatic rings. The molecule has 1 N–H and O–H groups in total. The van der Waals surface area contributed by atoms with Gasteiger partial charge >= 0.3 is 6.03 Å². The summed E-state index contributed by atoms with van der Waals surface area (Å²) in [5.74, 6) is 1.41. The van der Waals surface area contributed by atoms with Gasteiger partial charge in [-0.1, -0.05) is 26.0 Å². The quantitative estimate of drug-likeness (QED) is 0.858. The number of carbonyl (C=O) groups is 1. The lowest BCUT2D eigenvalue weighted by atomic mass is 10.1. The van der Waals surface area contributed by atoms with Crippen molar-refractivity contribution in [3.8, 4) is 5.75 Å². The Balaban J connectivity index is 2.44. The molecule has 0 aliphatic heterocycles. The molecule has 0 aliphatic rings.